The molecular weight excluding hydrogens is 375 g/mol. The molecule has 1 fully saturated rings. The van der Waals surface area contributed by atoms with Crippen LogP contribution in [0.3, 0.4) is 0 Å². The molecule has 0 aliphatic carbocycles. The van der Waals surface area contributed by atoms with E-state index in [0.717, 1.165) is 25.7 Å². The van der Waals surface area contributed by atoms with E-state index in [1.165, 1.54) is 29.5 Å². The zero-order chi connectivity index (χ0) is 18.6. The lowest BCUT2D eigenvalue weighted by Gasteiger charge is -2.33. The molecule has 0 N–H and O–H groups in total. The van der Waals surface area contributed by atoms with Gasteiger partial charge in [0.1, 0.15) is 0 Å². The minimum atomic E-state index is -4.37. The molecule has 0 saturated carbocycles. The molecule has 146 valence electrons. The summed E-state index contributed by atoms with van der Waals surface area (Å²) in [5.41, 5.74) is 1.96. The third-order valence-electron chi connectivity index (χ3n) is 4.50. The van der Waals surface area contributed by atoms with E-state index in [4.69, 9.17) is 0 Å². The minimum Gasteiger partial charge on any atom is -0.295 e. The number of nitrogens with zero attached hydrogens (tertiary/aromatic N) is 3. The second kappa shape index (κ2) is 9.24. The van der Waals surface area contributed by atoms with E-state index in [0.29, 0.717) is 13.1 Å². The van der Waals surface area contributed by atoms with E-state index in [-0.39, 0.29) is 18.0 Å². The molecule has 7 heteroatoms. The lowest BCUT2D eigenvalue weighted by atomic mass is 10.1. The molecule has 0 unspecified atom stereocenters. The van der Waals surface area contributed by atoms with Crippen LogP contribution < -0.4 is 0 Å². The van der Waals surface area contributed by atoms with Gasteiger partial charge >= 0.3 is 6.18 Å². The van der Waals surface area contributed by atoms with Crippen LogP contribution in [0.1, 0.15) is 22.3 Å². The summed E-state index contributed by atoms with van der Waals surface area (Å²) in [6, 6.07) is 14.0. The maximum Gasteiger partial charge on any atom is 0.417 e. The summed E-state index contributed by atoms with van der Waals surface area (Å²) >= 11 is 0. The van der Waals surface area contributed by atoms with Crippen molar-refractivity contribution in [1.82, 2.24) is 9.91 Å². The molecule has 27 heavy (non-hydrogen) atoms. The van der Waals surface area contributed by atoms with Gasteiger partial charge in [0.15, 0.2) is 0 Å². The number of rotatable bonds is 4. The fraction of sp³-hybridized carbons (Fsp3) is 0.350. The number of piperazine rings is 1. The average molecular weight is 398 g/mol. The summed E-state index contributed by atoms with van der Waals surface area (Å²) in [6.45, 7) is 6.04. The van der Waals surface area contributed by atoms with Crippen LogP contribution in [0.4, 0.5) is 13.2 Å². The molecule has 0 radical (unpaired) electrons. The largest absolute Gasteiger partial charge is 0.417 e. The smallest absolute Gasteiger partial charge is 0.295 e. The van der Waals surface area contributed by atoms with Gasteiger partial charge in [-0.3, -0.25) is 9.91 Å². The molecule has 1 aliphatic rings. The zero-order valence-electron chi connectivity index (χ0n) is 15.1. The molecule has 2 aromatic carbocycles. The molecule has 0 amide bonds. The highest BCUT2D eigenvalue weighted by molar-refractivity contribution is 5.85. The molecule has 0 spiro atoms. The standard InChI is InChI=1S/C20H22F3N3.ClH/c1-16-6-8-17(9-7-16)15-25-10-12-26(13-11-25)24-14-18-4-2-3-5-19(18)20(21,22)23;/h2-9,14H,10-13,15H2,1H3;1H/b24-14+;. The number of hydrogen-bond donors (Lipinski definition) is 0. The van der Waals surface area contributed by atoms with Gasteiger partial charge in [-0.2, -0.15) is 18.3 Å². The van der Waals surface area contributed by atoms with Gasteiger partial charge in [-0.1, -0.05) is 48.0 Å². The Hall–Kier alpha value is -2.05. The number of hydrogen-bond acceptors (Lipinski definition) is 3. The van der Waals surface area contributed by atoms with E-state index in [1.807, 2.05) is 5.01 Å². The average Bonchev–Trinajstić information content (AvgIpc) is 2.62. The first-order chi connectivity index (χ1) is 12.4. The first-order valence-electron chi connectivity index (χ1n) is 8.65. The topological polar surface area (TPSA) is 18.8 Å². The van der Waals surface area contributed by atoms with E-state index in [2.05, 4.69) is 41.2 Å². The predicted molar refractivity (Wildman–Crippen MR) is 104 cm³/mol. The summed E-state index contributed by atoms with van der Waals surface area (Å²) < 4.78 is 39.0. The molecular formula is C20H23ClF3N3. The van der Waals surface area contributed by atoms with Crippen molar-refractivity contribution >= 4 is 18.6 Å². The van der Waals surface area contributed by atoms with Gasteiger partial charge in [-0.05, 0) is 18.6 Å². The van der Waals surface area contributed by atoms with Crippen LogP contribution in [0.25, 0.3) is 0 Å². The lowest BCUT2D eigenvalue weighted by molar-refractivity contribution is -0.137. The van der Waals surface area contributed by atoms with Crippen LogP contribution in [-0.4, -0.2) is 42.3 Å². The molecule has 1 aliphatic heterocycles. The molecule has 3 nitrogen and oxygen atoms in total. The summed E-state index contributed by atoms with van der Waals surface area (Å²) in [4.78, 5) is 2.33. The number of hydrazone groups is 1. The van der Waals surface area contributed by atoms with Crippen LogP contribution in [0.15, 0.2) is 53.6 Å². The predicted octanol–water partition coefficient (Wildman–Crippen LogP) is 4.59. The van der Waals surface area contributed by atoms with Gasteiger partial charge < -0.3 is 0 Å². The molecule has 1 heterocycles. The van der Waals surface area contributed by atoms with Gasteiger partial charge in [0.2, 0.25) is 0 Å². The van der Waals surface area contributed by atoms with Crippen molar-refractivity contribution in [3.8, 4) is 0 Å². The van der Waals surface area contributed by atoms with Crippen molar-refractivity contribution in [3.05, 3.63) is 70.8 Å². The maximum atomic E-state index is 13.0. The summed E-state index contributed by atoms with van der Waals surface area (Å²) in [5, 5.41) is 6.09. The van der Waals surface area contributed by atoms with E-state index in [1.54, 1.807) is 6.07 Å². The van der Waals surface area contributed by atoms with Crippen molar-refractivity contribution in [2.24, 2.45) is 5.10 Å². The van der Waals surface area contributed by atoms with Crippen LogP contribution in [0.5, 0.6) is 0 Å². The monoisotopic (exact) mass is 397 g/mol. The molecule has 0 atom stereocenters. The normalized spacial score (nSPS) is 15.8. The van der Waals surface area contributed by atoms with Crippen molar-refractivity contribution in [1.29, 1.82) is 0 Å². The van der Waals surface area contributed by atoms with Crippen molar-refractivity contribution in [3.63, 3.8) is 0 Å². The lowest BCUT2D eigenvalue weighted by Crippen LogP contribution is -2.43. The minimum absolute atomic E-state index is 0. The molecule has 1 saturated heterocycles. The Bertz CT molecular complexity index is 752. The van der Waals surface area contributed by atoms with Gasteiger partial charge in [0, 0.05) is 38.3 Å². The maximum absolute atomic E-state index is 13.0. The number of benzene rings is 2. The summed E-state index contributed by atoms with van der Waals surface area (Å²) in [6.07, 6.45) is -3.05. The third-order valence-corrected chi connectivity index (χ3v) is 4.50. The van der Waals surface area contributed by atoms with Gasteiger partial charge in [0.05, 0.1) is 11.8 Å². The van der Waals surface area contributed by atoms with Crippen LogP contribution in [0, 0.1) is 6.92 Å². The third kappa shape index (κ3) is 5.97. The Morgan fingerprint density at radius 2 is 1.59 bits per heavy atom. The number of halogens is 4. The summed E-state index contributed by atoms with van der Waals surface area (Å²) in [5.74, 6) is 0. The van der Waals surface area contributed by atoms with Crippen LogP contribution in [0.2, 0.25) is 0 Å². The SMILES string of the molecule is Cc1ccc(CN2CCN(/N=C/c3ccccc3C(F)(F)F)CC2)cc1.Cl. The first kappa shape index (κ1) is 21.3. The van der Waals surface area contributed by atoms with E-state index in [9.17, 15) is 13.2 Å². The van der Waals surface area contributed by atoms with Gasteiger partial charge in [-0.15, -0.1) is 12.4 Å². The highest BCUT2D eigenvalue weighted by atomic mass is 35.5. The second-order valence-corrected chi connectivity index (χ2v) is 6.54. The Kier molecular flexibility index (Phi) is 7.27. The molecule has 0 bridgehead atoms. The van der Waals surface area contributed by atoms with Crippen LogP contribution in [-0.2, 0) is 12.7 Å². The fourth-order valence-electron chi connectivity index (χ4n) is 2.97. The highest BCUT2D eigenvalue weighted by Crippen LogP contribution is 2.31. The quantitative estimate of drug-likeness (QED) is 0.703. The second-order valence-electron chi connectivity index (χ2n) is 6.54. The van der Waals surface area contributed by atoms with Crippen molar-refractivity contribution < 1.29 is 13.2 Å². The Morgan fingerprint density at radius 1 is 0.963 bits per heavy atom. The van der Waals surface area contributed by atoms with Crippen molar-refractivity contribution in [2.45, 2.75) is 19.6 Å². The van der Waals surface area contributed by atoms with Gasteiger partial charge in [0.25, 0.3) is 0 Å². The molecule has 3 rings (SSSR count). The Labute approximate surface area is 163 Å². The van der Waals surface area contributed by atoms with Gasteiger partial charge in [-0.25, -0.2) is 0 Å². The molecule has 2 aromatic rings. The van der Waals surface area contributed by atoms with Crippen molar-refractivity contribution in [2.75, 3.05) is 26.2 Å². The van der Waals surface area contributed by atoms with Crippen LogP contribution >= 0.6 is 12.4 Å². The van der Waals surface area contributed by atoms with E-state index < -0.39 is 11.7 Å². The summed E-state index contributed by atoms with van der Waals surface area (Å²) in [7, 11) is 0. The Balaban J connectivity index is 0.00000261. The number of alkyl halides is 3. The van der Waals surface area contributed by atoms with E-state index >= 15 is 0 Å². The zero-order valence-corrected chi connectivity index (χ0v) is 15.9. The fourth-order valence-corrected chi connectivity index (χ4v) is 2.97. The Morgan fingerprint density at radius 3 is 2.22 bits per heavy atom. The first-order valence-corrected chi connectivity index (χ1v) is 8.65. The number of aryl methyl sites for hydroxylation is 1. The highest BCUT2D eigenvalue weighted by Gasteiger charge is 2.32. The molecule has 0 aromatic heterocycles.